The number of nitrogens with one attached hydrogen (secondary N) is 2. The summed E-state index contributed by atoms with van der Waals surface area (Å²) in [5, 5.41) is 5.04. The van der Waals surface area contributed by atoms with E-state index in [1.165, 1.54) is 6.33 Å². The zero-order chi connectivity index (χ0) is 24.8. The molecule has 0 atom stereocenters. The van der Waals surface area contributed by atoms with Gasteiger partial charge in [0.25, 0.3) is 0 Å². The van der Waals surface area contributed by atoms with Crippen molar-refractivity contribution in [2.45, 2.75) is 30.0 Å². The van der Waals surface area contributed by atoms with Gasteiger partial charge >= 0.3 is 6.18 Å². The molecule has 0 radical (unpaired) electrons. The molecule has 0 aliphatic carbocycles. The SMILES string of the molecule is Cn1cc(-c2cc3c(N4CCC(NS(=O)(=O)c5ccc(C(F)(F)F)nc5)CC4)ncnc3[nH]2)cn1. The number of pyridine rings is 1. The lowest BCUT2D eigenvalue weighted by molar-refractivity contribution is -0.141. The van der Waals surface area contributed by atoms with Crippen LogP contribution >= 0.6 is 0 Å². The number of aromatic amines is 1. The van der Waals surface area contributed by atoms with Gasteiger partial charge in [-0.15, -0.1) is 0 Å². The monoisotopic (exact) mass is 506 g/mol. The van der Waals surface area contributed by atoms with Crippen molar-refractivity contribution in [2.24, 2.45) is 7.05 Å². The van der Waals surface area contributed by atoms with E-state index in [9.17, 15) is 21.6 Å². The van der Waals surface area contributed by atoms with E-state index in [1.807, 2.05) is 19.3 Å². The molecule has 2 N–H and O–H groups in total. The molecule has 1 fully saturated rings. The summed E-state index contributed by atoms with van der Waals surface area (Å²) in [6.45, 7) is 1.08. The second-order valence-electron chi connectivity index (χ2n) is 8.30. The fourth-order valence-corrected chi connectivity index (χ4v) is 5.35. The van der Waals surface area contributed by atoms with Crippen molar-refractivity contribution >= 4 is 26.9 Å². The summed E-state index contributed by atoms with van der Waals surface area (Å²) in [5.41, 5.74) is 1.33. The van der Waals surface area contributed by atoms with Gasteiger partial charge in [0, 0.05) is 44.1 Å². The molecular weight excluding hydrogens is 485 g/mol. The normalized spacial score (nSPS) is 15.7. The second-order valence-corrected chi connectivity index (χ2v) is 10.0. The van der Waals surface area contributed by atoms with Gasteiger partial charge in [0.2, 0.25) is 10.0 Å². The first kappa shape index (κ1) is 23.2. The zero-order valence-electron chi connectivity index (χ0n) is 18.5. The highest BCUT2D eigenvalue weighted by Crippen LogP contribution is 2.31. The maximum absolute atomic E-state index is 12.7. The predicted octanol–water partition coefficient (Wildman–Crippen LogP) is 2.72. The van der Waals surface area contributed by atoms with Gasteiger partial charge < -0.3 is 9.88 Å². The lowest BCUT2D eigenvalue weighted by Crippen LogP contribution is -2.45. The Morgan fingerprint density at radius 1 is 1.11 bits per heavy atom. The van der Waals surface area contributed by atoms with Crippen LogP contribution in [0.5, 0.6) is 0 Å². The molecule has 0 spiro atoms. The maximum Gasteiger partial charge on any atom is 0.433 e. The van der Waals surface area contributed by atoms with E-state index in [2.05, 4.69) is 34.7 Å². The molecule has 14 heteroatoms. The van der Waals surface area contributed by atoms with Crippen LogP contribution in [0.3, 0.4) is 0 Å². The molecule has 0 amide bonds. The number of fused-ring (bicyclic) bond motifs is 1. The number of anilines is 1. The number of alkyl halides is 3. The molecule has 10 nitrogen and oxygen atoms in total. The van der Waals surface area contributed by atoms with Crippen molar-refractivity contribution < 1.29 is 21.6 Å². The molecular formula is C21H21F3N8O2S. The van der Waals surface area contributed by atoms with Gasteiger partial charge in [0.1, 0.15) is 28.4 Å². The Morgan fingerprint density at radius 3 is 2.51 bits per heavy atom. The average molecular weight is 507 g/mol. The number of H-pyrrole nitrogens is 1. The number of rotatable bonds is 5. The lowest BCUT2D eigenvalue weighted by atomic mass is 10.1. The fourth-order valence-electron chi connectivity index (χ4n) is 4.10. The van der Waals surface area contributed by atoms with E-state index in [4.69, 9.17) is 0 Å². The molecule has 184 valence electrons. The third-order valence-electron chi connectivity index (χ3n) is 5.87. The van der Waals surface area contributed by atoms with E-state index < -0.39 is 21.9 Å². The van der Waals surface area contributed by atoms with Crippen molar-refractivity contribution in [3.05, 3.63) is 48.8 Å². The van der Waals surface area contributed by atoms with Crippen LogP contribution in [0.1, 0.15) is 18.5 Å². The Balaban J connectivity index is 1.28. The average Bonchev–Trinajstić information content (AvgIpc) is 3.45. The Hall–Kier alpha value is -3.52. The van der Waals surface area contributed by atoms with Gasteiger partial charge in [-0.05, 0) is 31.0 Å². The standard InChI is InChI=1S/C21H21F3N8O2S/c1-31-11-13(9-28-31)17-8-16-19(29-17)26-12-27-20(16)32-6-4-14(5-7-32)30-35(33,34)15-2-3-18(25-10-15)21(22,23)24/h2-3,8-12,14,30H,4-7H2,1H3,(H,26,27,29). The van der Waals surface area contributed by atoms with Crippen LogP contribution in [0.25, 0.3) is 22.3 Å². The van der Waals surface area contributed by atoms with Gasteiger partial charge in [-0.2, -0.15) is 18.3 Å². The molecule has 1 aliphatic rings. The highest BCUT2D eigenvalue weighted by atomic mass is 32.2. The molecule has 0 aromatic carbocycles. The Labute approximate surface area is 198 Å². The van der Waals surface area contributed by atoms with Crippen LogP contribution in [0.4, 0.5) is 19.0 Å². The van der Waals surface area contributed by atoms with Crippen LogP contribution < -0.4 is 9.62 Å². The van der Waals surface area contributed by atoms with Crippen LogP contribution in [0.2, 0.25) is 0 Å². The van der Waals surface area contributed by atoms with Crippen LogP contribution in [0.15, 0.2) is 48.0 Å². The third-order valence-corrected chi connectivity index (χ3v) is 7.38. The number of aromatic nitrogens is 6. The van der Waals surface area contributed by atoms with Crippen molar-refractivity contribution in [1.29, 1.82) is 0 Å². The number of piperidine rings is 1. The molecule has 1 aliphatic heterocycles. The first-order chi connectivity index (χ1) is 16.6. The maximum atomic E-state index is 12.7. The van der Waals surface area contributed by atoms with Crippen LogP contribution in [-0.4, -0.2) is 57.3 Å². The number of aryl methyl sites for hydroxylation is 1. The van der Waals surface area contributed by atoms with E-state index in [0.29, 0.717) is 37.6 Å². The van der Waals surface area contributed by atoms with Crippen molar-refractivity contribution in [3.63, 3.8) is 0 Å². The first-order valence-corrected chi connectivity index (χ1v) is 12.2. The van der Waals surface area contributed by atoms with Crippen molar-refractivity contribution in [1.82, 2.24) is 34.4 Å². The highest BCUT2D eigenvalue weighted by molar-refractivity contribution is 7.89. The van der Waals surface area contributed by atoms with Gasteiger partial charge in [-0.1, -0.05) is 0 Å². The summed E-state index contributed by atoms with van der Waals surface area (Å²) in [6.07, 6.45) is 2.21. The minimum absolute atomic E-state index is 0.305. The number of sulfonamides is 1. The first-order valence-electron chi connectivity index (χ1n) is 10.7. The third kappa shape index (κ3) is 4.71. The highest BCUT2D eigenvalue weighted by Gasteiger charge is 2.33. The Kier molecular flexibility index (Phi) is 5.71. The fraction of sp³-hybridized carbons (Fsp3) is 0.333. The van der Waals surface area contributed by atoms with E-state index in [0.717, 1.165) is 34.7 Å². The number of hydrogen-bond acceptors (Lipinski definition) is 7. The summed E-state index contributed by atoms with van der Waals surface area (Å²) < 4.78 is 67.7. The Morgan fingerprint density at radius 2 is 1.89 bits per heavy atom. The molecule has 4 aromatic heterocycles. The zero-order valence-corrected chi connectivity index (χ0v) is 19.3. The number of nitrogens with zero attached hydrogens (tertiary/aromatic N) is 6. The predicted molar refractivity (Wildman–Crippen MR) is 121 cm³/mol. The van der Waals surface area contributed by atoms with E-state index in [-0.39, 0.29) is 10.9 Å². The summed E-state index contributed by atoms with van der Waals surface area (Å²) in [5.74, 6) is 0.745. The number of hydrogen-bond donors (Lipinski definition) is 2. The minimum Gasteiger partial charge on any atom is -0.356 e. The quantitative estimate of drug-likeness (QED) is 0.427. The molecule has 1 saturated heterocycles. The van der Waals surface area contributed by atoms with Gasteiger partial charge in [-0.3, -0.25) is 9.67 Å². The molecule has 5 rings (SSSR count). The van der Waals surface area contributed by atoms with E-state index >= 15 is 0 Å². The molecule has 4 aromatic rings. The van der Waals surface area contributed by atoms with Crippen molar-refractivity contribution in [3.8, 4) is 11.3 Å². The number of halogens is 3. The molecule has 0 bridgehead atoms. The summed E-state index contributed by atoms with van der Waals surface area (Å²) in [4.78, 5) is 17.0. The van der Waals surface area contributed by atoms with Gasteiger partial charge in [-0.25, -0.2) is 23.1 Å². The summed E-state index contributed by atoms with van der Waals surface area (Å²) in [7, 11) is -2.16. The largest absolute Gasteiger partial charge is 0.433 e. The smallest absolute Gasteiger partial charge is 0.356 e. The summed E-state index contributed by atoms with van der Waals surface area (Å²) in [6, 6.07) is 3.17. The molecule has 5 heterocycles. The molecule has 0 unspecified atom stereocenters. The Bertz CT molecular complexity index is 1460. The molecule has 35 heavy (non-hydrogen) atoms. The molecule has 0 saturated carbocycles. The van der Waals surface area contributed by atoms with Gasteiger partial charge in [0.15, 0.2) is 0 Å². The van der Waals surface area contributed by atoms with Crippen LogP contribution in [0, 0.1) is 0 Å². The van der Waals surface area contributed by atoms with Gasteiger partial charge in [0.05, 0.1) is 17.3 Å². The van der Waals surface area contributed by atoms with E-state index in [1.54, 1.807) is 10.9 Å². The minimum atomic E-state index is -4.63. The summed E-state index contributed by atoms with van der Waals surface area (Å²) >= 11 is 0. The topological polar surface area (TPSA) is 122 Å². The second kappa shape index (κ2) is 8.61. The van der Waals surface area contributed by atoms with Crippen LogP contribution in [-0.2, 0) is 23.2 Å². The lowest BCUT2D eigenvalue weighted by Gasteiger charge is -2.33. The van der Waals surface area contributed by atoms with Crippen molar-refractivity contribution in [2.75, 3.05) is 18.0 Å².